The topological polar surface area (TPSA) is 88.2 Å². The minimum absolute atomic E-state index is 0.142. The van der Waals surface area contributed by atoms with Gasteiger partial charge in [0.15, 0.2) is 10.9 Å². The van der Waals surface area contributed by atoms with Gasteiger partial charge in [0.1, 0.15) is 11.6 Å². The van der Waals surface area contributed by atoms with Crippen molar-refractivity contribution in [1.29, 1.82) is 0 Å². The van der Waals surface area contributed by atoms with Crippen LogP contribution in [0.2, 0.25) is 0 Å². The lowest BCUT2D eigenvalue weighted by molar-refractivity contribution is -0.137. The second-order valence-corrected chi connectivity index (χ2v) is 11.6. The molecule has 0 unspecified atom stereocenters. The van der Waals surface area contributed by atoms with Gasteiger partial charge in [-0.2, -0.15) is 0 Å². The highest BCUT2D eigenvalue weighted by Gasteiger charge is 2.34. The van der Waals surface area contributed by atoms with E-state index in [-0.39, 0.29) is 18.4 Å². The zero-order valence-corrected chi connectivity index (χ0v) is 24.7. The average molecular weight is 657 g/mol. The summed E-state index contributed by atoms with van der Waals surface area (Å²) in [6, 6.07) is 17.3. The Morgan fingerprint density at radius 1 is 1.10 bits per heavy atom. The van der Waals surface area contributed by atoms with Crippen molar-refractivity contribution in [1.82, 2.24) is 4.90 Å². The molecule has 0 radical (unpaired) electrons. The third-order valence-electron chi connectivity index (χ3n) is 6.24. The number of hydrogen-bond donors (Lipinski definition) is 1. The summed E-state index contributed by atoms with van der Waals surface area (Å²) in [5, 5.41) is 2.71. The van der Waals surface area contributed by atoms with Gasteiger partial charge in [-0.3, -0.25) is 19.3 Å². The summed E-state index contributed by atoms with van der Waals surface area (Å²) in [6.45, 7) is 1.90. The Labute approximate surface area is 253 Å². The van der Waals surface area contributed by atoms with Crippen LogP contribution in [0.1, 0.15) is 15.9 Å². The standard InChI is InChI=1S/C29H23BrFN3O5S2/c30-20-4-9-24(39-17-26(35)33-10-12-38-13-11-33)19(14-20)16-25-28(37)34(29(40)41-25)23-3-1-2-18(15-23)27(36)32-22-7-5-21(31)6-8-22/h1-9,14-16H,10-13,17H2,(H,32,36)/b25-16+. The summed E-state index contributed by atoms with van der Waals surface area (Å²) in [7, 11) is 0. The van der Waals surface area contributed by atoms with Crippen LogP contribution in [0, 0.1) is 5.82 Å². The Morgan fingerprint density at radius 3 is 2.61 bits per heavy atom. The van der Waals surface area contributed by atoms with Crippen LogP contribution < -0.4 is 15.0 Å². The molecular formula is C29H23BrFN3O5S2. The third kappa shape index (κ3) is 7.02. The molecule has 0 aliphatic carbocycles. The zero-order valence-electron chi connectivity index (χ0n) is 21.5. The van der Waals surface area contributed by atoms with Crippen LogP contribution in [-0.4, -0.2) is 59.9 Å². The van der Waals surface area contributed by atoms with E-state index in [0.29, 0.717) is 63.8 Å². The number of anilines is 2. The molecule has 2 saturated heterocycles. The fourth-order valence-corrected chi connectivity index (χ4v) is 5.83. The van der Waals surface area contributed by atoms with Gasteiger partial charge in [0.25, 0.3) is 17.7 Å². The lowest BCUT2D eigenvalue weighted by Crippen LogP contribution is -2.43. The minimum Gasteiger partial charge on any atom is -0.483 e. The van der Waals surface area contributed by atoms with Gasteiger partial charge >= 0.3 is 0 Å². The monoisotopic (exact) mass is 655 g/mol. The van der Waals surface area contributed by atoms with E-state index in [4.69, 9.17) is 21.7 Å². The van der Waals surface area contributed by atoms with Gasteiger partial charge < -0.3 is 19.7 Å². The van der Waals surface area contributed by atoms with Crippen molar-refractivity contribution < 1.29 is 28.2 Å². The Kier molecular flexibility index (Phi) is 9.13. The second-order valence-electron chi connectivity index (χ2n) is 8.99. The smallest absolute Gasteiger partial charge is 0.270 e. The number of nitrogens with one attached hydrogen (secondary N) is 1. The number of ether oxygens (including phenoxy) is 2. The van der Waals surface area contributed by atoms with Gasteiger partial charge in [-0.25, -0.2) is 4.39 Å². The van der Waals surface area contributed by atoms with Gasteiger partial charge in [0.05, 0.1) is 23.8 Å². The number of carbonyl (C=O) groups is 3. The zero-order chi connectivity index (χ0) is 28.9. The fourth-order valence-electron chi connectivity index (χ4n) is 4.16. The lowest BCUT2D eigenvalue weighted by atomic mass is 10.1. The molecule has 3 amide bonds. The quantitative estimate of drug-likeness (QED) is 0.266. The molecule has 12 heteroatoms. The number of nitrogens with zero attached hydrogens (tertiary/aromatic N) is 2. The summed E-state index contributed by atoms with van der Waals surface area (Å²) < 4.78 is 25.4. The summed E-state index contributed by atoms with van der Waals surface area (Å²) in [5.41, 5.74) is 1.78. The SMILES string of the molecule is O=C(Nc1ccc(F)cc1)c1cccc(N2C(=O)/C(=C\c3cc(Br)ccc3OCC(=O)N3CCOCC3)SC2=S)c1. The van der Waals surface area contributed by atoms with Gasteiger partial charge in [0.2, 0.25) is 0 Å². The highest BCUT2D eigenvalue weighted by molar-refractivity contribution is 9.10. The molecule has 1 N–H and O–H groups in total. The average Bonchev–Trinajstić information content (AvgIpc) is 3.26. The fraction of sp³-hybridized carbons (Fsp3) is 0.172. The van der Waals surface area contributed by atoms with E-state index in [0.717, 1.165) is 16.2 Å². The molecular weight excluding hydrogens is 633 g/mol. The Bertz CT molecular complexity index is 1540. The largest absolute Gasteiger partial charge is 0.483 e. The minimum atomic E-state index is -0.415. The molecule has 0 spiro atoms. The molecule has 0 saturated carbocycles. The molecule has 2 aliphatic heterocycles. The van der Waals surface area contributed by atoms with Crippen molar-refractivity contribution in [3.8, 4) is 5.75 Å². The second kappa shape index (κ2) is 12.9. The van der Waals surface area contributed by atoms with E-state index in [9.17, 15) is 18.8 Å². The van der Waals surface area contributed by atoms with Gasteiger partial charge in [-0.05, 0) is 66.7 Å². The van der Waals surface area contributed by atoms with Crippen molar-refractivity contribution in [2.45, 2.75) is 0 Å². The number of halogens is 2. The van der Waals surface area contributed by atoms with Crippen molar-refractivity contribution in [2.75, 3.05) is 43.1 Å². The van der Waals surface area contributed by atoms with Crippen LogP contribution in [0.3, 0.4) is 0 Å². The first-order chi connectivity index (χ1) is 19.8. The predicted molar refractivity (Wildman–Crippen MR) is 163 cm³/mol. The summed E-state index contributed by atoms with van der Waals surface area (Å²) >= 11 is 10.1. The van der Waals surface area contributed by atoms with E-state index in [1.807, 2.05) is 0 Å². The molecule has 2 aliphatic rings. The number of rotatable bonds is 7. The molecule has 3 aromatic carbocycles. The molecule has 2 fully saturated rings. The maximum atomic E-state index is 13.5. The van der Waals surface area contributed by atoms with E-state index in [2.05, 4.69) is 21.2 Å². The van der Waals surface area contributed by atoms with Crippen LogP contribution in [-0.2, 0) is 14.3 Å². The first-order valence-corrected chi connectivity index (χ1v) is 14.5. The Morgan fingerprint density at radius 2 is 1.85 bits per heavy atom. The number of amides is 3. The predicted octanol–water partition coefficient (Wildman–Crippen LogP) is 5.48. The molecule has 0 atom stereocenters. The molecule has 5 rings (SSSR count). The Hall–Kier alpha value is -3.58. The molecule has 41 heavy (non-hydrogen) atoms. The number of benzene rings is 3. The van der Waals surface area contributed by atoms with E-state index in [1.165, 1.54) is 29.2 Å². The van der Waals surface area contributed by atoms with Crippen LogP contribution >= 0.6 is 39.9 Å². The molecule has 0 aromatic heterocycles. The maximum Gasteiger partial charge on any atom is 0.270 e. The number of morpholine rings is 1. The third-order valence-corrected chi connectivity index (χ3v) is 8.03. The van der Waals surface area contributed by atoms with E-state index >= 15 is 0 Å². The van der Waals surface area contributed by atoms with Crippen molar-refractivity contribution in [3.63, 3.8) is 0 Å². The molecule has 210 valence electrons. The lowest BCUT2D eigenvalue weighted by Gasteiger charge is -2.26. The van der Waals surface area contributed by atoms with Crippen LogP contribution in [0.4, 0.5) is 15.8 Å². The molecule has 0 bridgehead atoms. The van der Waals surface area contributed by atoms with Gasteiger partial charge in [-0.15, -0.1) is 0 Å². The Balaban J connectivity index is 1.32. The van der Waals surface area contributed by atoms with E-state index in [1.54, 1.807) is 53.4 Å². The molecule has 2 heterocycles. The van der Waals surface area contributed by atoms with Crippen molar-refractivity contribution >= 4 is 79.4 Å². The van der Waals surface area contributed by atoms with Crippen molar-refractivity contribution in [3.05, 3.63) is 93.1 Å². The number of thiocarbonyl (C=S) groups is 1. The maximum absolute atomic E-state index is 13.5. The van der Waals surface area contributed by atoms with E-state index < -0.39 is 11.7 Å². The van der Waals surface area contributed by atoms with Gasteiger partial charge in [0, 0.05) is 34.4 Å². The molecule has 8 nitrogen and oxygen atoms in total. The summed E-state index contributed by atoms with van der Waals surface area (Å²) in [5.74, 6) is -0.875. The summed E-state index contributed by atoms with van der Waals surface area (Å²) in [6.07, 6.45) is 1.67. The summed E-state index contributed by atoms with van der Waals surface area (Å²) in [4.78, 5) is 42.3. The van der Waals surface area contributed by atoms with Crippen molar-refractivity contribution in [2.24, 2.45) is 0 Å². The first-order valence-electron chi connectivity index (χ1n) is 12.5. The number of carbonyl (C=O) groups excluding carboxylic acids is 3. The first kappa shape index (κ1) is 28.9. The highest BCUT2D eigenvalue weighted by Crippen LogP contribution is 2.38. The van der Waals surface area contributed by atoms with Crippen LogP contribution in [0.15, 0.2) is 76.1 Å². The van der Waals surface area contributed by atoms with Crippen LogP contribution in [0.5, 0.6) is 5.75 Å². The number of thioether (sulfide) groups is 1. The normalized spacial score (nSPS) is 16.3. The number of hydrogen-bond acceptors (Lipinski definition) is 7. The van der Waals surface area contributed by atoms with Crippen LogP contribution in [0.25, 0.3) is 6.08 Å². The van der Waals surface area contributed by atoms with Gasteiger partial charge in [-0.1, -0.05) is 46.0 Å². The molecule has 3 aromatic rings. The highest BCUT2D eigenvalue weighted by atomic mass is 79.9.